The zero-order chi connectivity index (χ0) is 17.2. The Bertz CT molecular complexity index is 829. The van der Waals surface area contributed by atoms with Gasteiger partial charge in [-0.25, -0.2) is 12.8 Å². The molecule has 2 aromatic rings. The van der Waals surface area contributed by atoms with Crippen LogP contribution in [0.1, 0.15) is 22.7 Å². The van der Waals surface area contributed by atoms with Gasteiger partial charge in [-0.05, 0) is 30.2 Å². The molecule has 1 fully saturated rings. The summed E-state index contributed by atoms with van der Waals surface area (Å²) < 4.78 is 40.9. The molecular formula is C18H22ClFN2O2S. The fourth-order valence-corrected chi connectivity index (χ4v) is 4.83. The lowest BCUT2D eigenvalue weighted by atomic mass is 10.1. The smallest absolute Gasteiger partial charge is 0.218 e. The maximum absolute atomic E-state index is 13.5. The van der Waals surface area contributed by atoms with Gasteiger partial charge in [0.2, 0.25) is 10.0 Å². The van der Waals surface area contributed by atoms with Crippen molar-refractivity contribution < 1.29 is 12.8 Å². The summed E-state index contributed by atoms with van der Waals surface area (Å²) >= 11 is 0. The van der Waals surface area contributed by atoms with E-state index in [0.29, 0.717) is 25.2 Å². The third-order valence-electron chi connectivity index (χ3n) is 4.22. The molecule has 4 nitrogen and oxygen atoms in total. The van der Waals surface area contributed by atoms with Crippen LogP contribution >= 0.6 is 12.4 Å². The van der Waals surface area contributed by atoms with E-state index in [1.807, 2.05) is 31.2 Å². The number of halogens is 2. The SMILES string of the molecule is Cc1cccc(CS(=O)(=O)N2CCNCC2c2cccc(F)c2)c1.Cl. The van der Waals surface area contributed by atoms with Crippen molar-refractivity contribution in [2.45, 2.75) is 18.7 Å². The number of hydrogen-bond acceptors (Lipinski definition) is 3. The quantitative estimate of drug-likeness (QED) is 0.881. The van der Waals surface area contributed by atoms with Gasteiger partial charge in [-0.2, -0.15) is 4.31 Å². The normalized spacial score (nSPS) is 18.6. The number of piperazine rings is 1. The Balaban J connectivity index is 0.00000225. The second kappa shape index (κ2) is 8.27. The molecule has 1 unspecified atom stereocenters. The number of nitrogens with one attached hydrogen (secondary N) is 1. The van der Waals surface area contributed by atoms with Crippen LogP contribution in [-0.2, 0) is 15.8 Å². The average molecular weight is 385 g/mol. The maximum atomic E-state index is 13.5. The number of rotatable bonds is 4. The van der Waals surface area contributed by atoms with Crippen LogP contribution in [0.5, 0.6) is 0 Å². The Hall–Kier alpha value is -1.47. The molecule has 0 bridgehead atoms. The lowest BCUT2D eigenvalue weighted by Crippen LogP contribution is -2.48. The van der Waals surface area contributed by atoms with Gasteiger partial charge in [-0.3, -0.25) is 0 Å². The summed E-state index contributed by atoms with van der Waals surface area (Å²) in [4.78, 5) is 0. The van der Waals surface area contributed by atoms with Crippen LogP contribution in [0.2, 0.25) is 0 Å². The molecule has 0 aliphatic carbocycles. The molecule has 1 heterocycles. The van der Waals surface area contributed by atoms with Crippen molar-refractivity contribution in [2.24, 2.45) is 0 Å². The van der Waals surface area contributed by atoms with E-state index in [-0.39, 0.29) is 30.0 Å². The van der Waals surface area contributed by atoms with Crippen LogP contribution in [0.4, 0.5) is 4.39 Å². The minimum atomic E-state index is -3.49. The van der Waals surface area contributed by atoms with Crippen molar-refractivity contribution >= 4 is 22.4 Å². The number of nitrogens with zero attached hydrogens (tertiary/aromatic N) is 1. The van der Waals surface area contributed by atoms with Crippen LogP contribution in [0.25, 0.3) is 0 Å². The number of sulfonamides is 1. The molecule has 1 atom stereocenters. The van der Waals surface area contributed by atoms with Crippen molar-refractivity contribution in [2.75, 3.05) is 19.6 Å². The zero-order valence-electron chi connectivity index (χ0n) is 14.0. The molecule has 1 N–H and O–H groups in total. The lowest BCUT2D eigenvalue weighted by Gasteiger charge is -2.35. The Morgan fingerprint density at radius 1 is 1.20 bits per heavy atom. The molecule has 1 aliphatic rings. The van der Waals surface area contributed by atoms with Gasteiger partial charge in [-0.1, -0.05) is 42.0 Å². The number of aryl methyl sites for hydroxylation is 1. The first-order valence-electron chi connectivity index (χ1n) is 7.97. The van der Waals surface area contributed by atoms with Gasteiger partial charge in [0.15, 0.2) is 0 Å². The Morgan fingerprint density at radius 2 is 1.96 bits per heavy atom. The number of hydrogen-bond donors (Lipinski definition) is 1. The van der Waals surface area contributed by atoms with Crippen molar-refractivity contribution in [1.29, 1.82) is 0 Å². The van der Waals surface area contributed by atoms with Gasteiger partial charge in [0.05, 0.1) is 11.8 Å². The summed E-state index contributed by atoms with van der Waals surface area (Å²) in [5.41, 5.74) is 2.48. The Kier molecular flexibility index (Phi) is 6.57. The van der Waals surface area contributed by atoms with E-state index in [1.165, 1.54) is 16.4 Å². The third kappa shape index (κ3) is 4.79. The fraction of sp³-hybridized carbons (Fsp3) is 0.333. The van der Waals surface area contributed by atoms with Crippen LogP contribution in [0, 0.1) is 12.7 Å². The average Bonchev–Trinajstić information content (AvgIpc) is 2.54. The molecule has 1 aliphatic heterocycles. The van der Waals surface area contributed by atoms with Gasteiger partial charge < -0.3 is 5.32 Å². The molecule has 1 saturated heterocycles. The third-order valence-corrected chi connectivity index (χ3v) is 6.07. The monoisotopic (exact) mass is 384 g/mol. The second-order valence-corrected chi connectivity index (χ2v) is 8.05. The minimum absolute atomic E-state index is 0. The Morgan fingerprint density at radius 3 is 2.68 bits per heavy atom. The first-order chi connectivity index (χ1) is 11.5. The molecule has 3 rings (SSSR count). The minimum Gasteiger partial charge on any atom is -0.313 e. The summed E-state index contributed by atoms with van der Waals surface area (Å²) in [6.45, 7) is 3.40. The van der Waals surface area contributed by atoms with E-state index < -0.39 is 10.0 Å². The van der Waals surface area contributed by atoms with E-state index in [2.05, 4.69) is 5.32 Å². The molecule has 0 spiro atoms. The topological polar surface area (TPSA) is 49.4 Å². The molecular weight excluding hydrogens is 363 g/mol. The van der Waals surface area contributed by atoms with Crippen LogP contribution in [0.3, 0.4) is 0 Å². The highest BCUT2D eigenvalue weighted by atomic mass is 35.5. The van der Waals surface area contributed by atoms with Gasteiger partial charge in [0.1, 0.15) is 5.82 Å². The Labute approximate surface area is 154 Å². The van der Waals surface area contributed by atoms with E-state index in [4.69, 9.17) is 0 Å². The highest BCUT2D eigenvalue weighted by molar-refractivity contribution is 7.88. The summed E-state index contributed by atoms with van der Waals surface area (Å²) in [6, 6.07) is 13.3. The first kappa shape index (κ1) is 19.8. The predicted molar refractivity (Wildman–Crippen MR) is 99.8 cm³/mol. The predicted octanol–water partition coefficient (Wildman–Crippen LogP) is 3.03. The molecule has 136 valence electrons. The van der Waals surface area contributed by atoms with Gasteiger partial charge >= 0.3 is 0 Å². The molecule has 7 heteroatoms. The molecule has 2 aromatic carbocycles. The van der Waals surface area contributed by atoms with Gasteiger partial charge in [0, 0.05) is 19.6 Å². The van der Waals surface area contributed by atoms with E-state index in [1.54, 1.807) is 12.1 Å². The summed E-state index contributed by atoms with van der Waals surface area (Å²) in [7, 11) is -3.49. The molecule has 0 radical (unpaired) electrons. The van der Waals surface area contributed by atoms with Crippen LogP contribution in [-0.4, -0.2) is 32.4 Å². The van der Waals surface area contributed by atoms with Crippen molar-refractivity contribution in [1.82, 2.24) is 9.62 Å². The van der Waals surface area contributed by atoms with Crippen molar-refractivity contribution in [3.63, 3.8) is 0 Å². The first-order valence-corrected chi connectivity index (χ1v) is 9.58. The zero-order valence-corrected chi connectivity index (χ0v) is 15.6. The summed E-state index contributed by atoms with van der Waals surface area (Å²) in [5, 5.41) is 3.20. The summed E-state index contributed by atoms with van der Waals surface area (Å²) in [6.07, 6.45) is 0. The summed E-state index contributed by atoms with van der Waals surface area (Å²) in [5.74, 6) is -0.394. The van der Waals surface area contributed by atoms with Gasteiger partial charge in [-0.15, -0.1) is 12.4 Å². The van der Waals surface area contributed by atoms with E-state index in [9.17, 15) is 12.8 Å². The van der Waals surface area contributed by atoms with Crippen molar-refractivity contribution in [3.05, 3.63) is 71.0 Å². The van der Waals surface area contributed by atoms with E-state index >= 15 is 0 Å². The largest absolute Gasteiger partial charge is 0.313 e. The maximum Gasteiger partial charge on any atom is 0.218 e. The second-order valence-electron chi connectivity index (χ2n) is 6.13. The van der Waals surface area contributed by atoms with E-state index in [0.717, 1.165) is 11.1 Å². The molecule has 0 saturated carbocycles. The standard InChI is InChI=1S/C18H21FN2O2S.ClH/c1-14-4-2-5-15(10-14)13-24(22,23)21-9-8-20-12-18(21)16-6-3-7-17(19)11-16;/h2-7,10-11,18,20H,8-9,12-13H2,1H3;1H. The highest BCUT2D eigenvalue weighted by Crippen LogP contribution is 2.27. The number of benzene rings is 2. The van der Waals surface area contributed by atoms with Crippen LogP contribution < -0.4 is 5.32 Å². The van der Waals surface area contributed by atoms with Crippen molar-refractivity contribution in [3.8, 4) is 0 Å². The van der Waals surface area contributed by atoms with Gasteiger partial charge in [0.25, 0.3) is 0 Å². The highest BCUT2D eigenvalue weighted by Gasteiger charge is 2.33. The molecule has 0 amide bonds. The fourth-order valence-electron chi connectivity index (χ4n) is 3.11. The lowest BCUT2D eigenvalue weighted by molar-refractivity contribution is 0.270. The van der Waals surface area contributed by atoms with Crippen LogP contribution in [0.15, 0.2) is 48.5 Å². The molecule has 0 aromatic heterocycles. The molecule has 25 heavy (non-hydrogen) atoms.